The fourth-order valence-corrected chi connectivity index (χ4v) is 2.28. The summed E-state index contributed by atoms with van der Waals surface area (Å²) in [5.74, 6) is -0.145. The first-order valence-corrected chi connectivity index (χ1v) is 8.44. The van der Waals surface area contributed by atoms with Crippen molar-refractivity contribution in [1.82, 2.24) is 0 Å². The lowest BCUT2D eigenvalue weighted by molar-refractivity contribution is -0.274. The van der Waals surface area contributed by atoms with Crippen LogP contribution in [0.5, 0.6) is 5.75 Å². The maximum atomic E-state index is 12.2. The van der Waals surface area contributed by atoms with Crippen LogP contribution < -0.4 is 15.8 Å². The van der Waals surface area contributed by atoms with Crippen LogP contribution in [0.25, 0.3) is 0 Å². The van der Waals surface area contributed by atoms with Crippen molar-refractivity contribution in [3.8, 4) is 5.75 Å². The smallest absolute Gasteiger partial charge is 0.406 e. The first-order valence-electron chi connectivity index (χ1n) is 8.44. The molecule has 5 nitrogen and oxygen atoms in total. The molecular weight excluding hydrogens is 359 g/mol. The minimum Gasteiger partial charge on any atom is -0.406 e. The molecule has 0 heterocycles. The third-order valence-electron chi connectivity index (χ3n) is 3.50. The van der Waals surface area contributed by atoms with Gasteiger partial charge in [0, 0.05) is 12.3 Å². The van der Waals surface area contributed by atoms with Crippen molar-refractivity contribution in [2.45, 2.75) is 32.9 Å². The maximum Gasteiger partial charge on any atom is 0.573 e. The van der Waals surface area contributed by atoms with E-state index in [0.717, 1.165) is 17.5 Å². The Hall–Kier alpha value is -2.74. The number of hydrogen-bond acceptors (Lipinski definition) is 3. The van der Waals surface area contributed by atoms with E-state index in [2.05, 4.69) is 15.0 Å². The van der Waals surface area contributed by atoms with Crippen molar-refractivity contribution in [3.05, 3.63) is 59.7 Å². The number of guanidine groups is 1. The number of anilines is 1. The van der Waals surface area contributed by atoms with Gasteiger partial charge in [-0.05, 0) is 41.8 Å². The minimum atomic E-state index is -4.72. The molecule has 27 heavy (non-hydrogen) atoms. The van der Waals surface area contributed by atoms with Crippen molar-refractivity contribution in [1.29, 1.82) is 0 Å². The lowest BCUT2D eigenvalue weighted by Gasteiger charge is -2.11. The summed E-state index contributed by atoms with van der Waals surface area (Å²) in [5, 5.41) is 2.83. The Balaban J connectivity index is 1.94. The molecule has 0 saturated heterocycles. The topological polar surface area (TPSA) is 68.9 Å². The zero-order chi connectivity index (χ0) is 19.7. The number of ether oxygens (including phenoxy) is 2. The highest BCUT2D eigenvalue weighted by molar-refractivity contribution is 5.92. The largest absolute Gasteiger partial charge is 0.573 e. The van der Waals surface area contributed by atoms with Gasteiger partial charge in [0.05, 0.1) is 13.2 Å². The summed E-state index contributed by atoms with van der Waals surface area (Å²) in [6, 6.07) is 13.0. The number of halogens is 3. The van der Waals surface area contributed by atoms with Crippen LogP contribution in [0.15, 0.2) is 53.5 Å². The quantitative estimate of drug-likeness (QED) is 0.403. The van der Waals surface area contributed by atoms with E-state index in [1.807, 2.05) is 31.2 Å². The monoisotopic (exact) mass is 381 g/mol. The Morgan fingerprint density at radius 1 is 1.07 bits per heavy atom. The summed E-state index contributed by atoms with van der Waals surface area (Å²) in [5.41, 5.74) is 8.40. The van der Waals surface area contributed by atoms with Gasteiger partial charge in [0.1, 0.15) is 5.75 Å². The summed E-state index contributed by atoms with van der Waals surface area (Å²) in [6.07, 6.45) is -3.77. The van der Waals surface area contributed by atoms with E-state index < -0.39 is 6.36 Å². The second-order valence-corrected chi connectivity index (χ2v) is 5.72. The second kappa shape index (κ2) is 9.82. The fourth-order valence-electron chi connectivity index (χ4n) is 2.28. The van der Waals surface area contributed by atoms with E-state index in [9.17, 15) is 13.2 Å². The van der Waals surface area contributed by atoms with Gasteiger partial charge >= 0.3 is 6.36 Å². The first-order chi connectivity index (χ1) is 12.9. The number of benzene rings is 2. The molecule has 0 fully saturated rings. The molecule has 0 radical (unpaired) electrons. The van der Waals surface area contributed by atoms with Crippen LogP contribution in [0, 0.1) is 0 Å². The van der Waals surface area contributed by atoms with E-state index in [-0.39, 0.29) is 11.7 Å². The van der Waals surface area contributed by atoms with Crippen LogP contribution in [-0.4, -0.2) is 18.9 Å². The van der Waals surface area contributed by atoms with E-state index >= 15 is 0 Å². The molecule has 3 N–H and O–H groups in total. The van der Waals surface area contributed by atoms with Crippen LogP contribution >= 0.6 is 0 Å². The Kier molecular flexibility index (Phi) is 7.48. The molecule has 2 aromatic carbocycles. The zero-order valence-corrected chi connectivity index (χ0v) is 14.9. The lowest BCUT2D eigenvalue weighted by atomic mass is 10.1. The van der Waals surface area contributed by atoms with Gasteiger partial charge in [0.2, 0.25) is 0 Å². The SMILES string of the molecule is CCCOCc1ccccc1CN=C(N)Nc1ccc(OC(F)(F)F)cc1. The number of nitrogens with zero attached hydrogens (tertiary/aromatic N) is 1. The van der Waals surface area contributed by atoms with E-state index in [0.29, 0.717) is 25.4 Å². The number of nitrogens with two attached hydrogens (primary N) is 1. The third-order valence-corrected chi connectivity index (χ3v) is 3.50. The van der Waals surface area contributed by atoms with Gasteiger partial charge in [-0.1, -0.05) is 31.2 Å². The Morgan fingerprint density at radius 2 is 1.74 bits per heavy atom. The van der Waals surface area contributed by atoms with E-state index in [1.54, 1.807) is 0 Å². The number of nitrogens with one attached hydrogen (secondary N) is 1. The van der Waals surface area contributed by atoms with Gasteiger partial charge in [0.25, 0.3) is 0 Å². The number of alkyl halides is 3. The molecule has 0 aromatic heterocycles. The predicted octanol–water partition coefficient (Wildman–Crippen LogP) is 4.44. The van der Waals surface area contributed by atoms with Crippen LogP contribution in [0.3, 0.4) is 0 Å². The molecule has 0 saturated carbocycles. The number of rotatable bonds is 8. The molecule has 0 aliphatic heterocycles. The second-order valence-electron chi connectivity index (χ2n) is 5.72. The van der Waals surface area contributed by atoms with Gasteiger partial charge in [-0.15, -0.1) is 13.2 Å². The van der Waals surface area contributed by atoms with Crippen LogP contribution in [-0.2, 0) is 17.9 Å². The maximum absolute atomic E-state index is 12.2. The standard InChI is InChI=1S/C19H22F3N3O2/c1-2-11-26-13-15-6-4-3-5-14(15)12-24-18(23)25-16-7-9-17(10-8-16)27-19(20,21)22/h3-10H,2,11-13H2,1H3,(H3,23,24,25). The molecule has 0 aliphatic rings. The van der Waals surface area contributed by atoms with E-state index in [1.165, 1.54) is 24.3 Å². The molecule has 2 aromatic rings. The molecule has 146 valence electrons. The molecule has 0 spiro atoms. The molecule has 0 amide bonds. The average molecular weight is 381 g/mol. The van der Waals surface area contributed by atoms with Crippen molar-refractivity contribution in [3.63, 3.8) is 0 Å². The third kappa shape index (κ3) is 7.57. The van der Waals surface area contributed by atoms with Crippen molar-refractivity contribution in [2.75, 3.05) is 11.9 Å². The molecule has 0 bridgehead atoms. The molecule has 0 unspecified atom stereocenters. The molecular formula is C19H22F3N3O2. The van der Waals surface area contributed by atoms with Gasteiger partial charge in [-0.2, -0.15) is 0 Å². The van der Waals surface area contributed by atoms with Crippen LogP contribution in [0.4, 0.5) is 18.9 Å². The van der Waals surface area contributed by atoms with Crippen molar-refractivity contribution < 1.29 is 22.6 Å². The van der Waals surface area contributed by atoms with Gasteiger partial charge in [0.15, 0.2) is 5.96 Å². The fraction of sp³-hybridized carbons (Fsp3) is 0.316. The summed E-state index contributed by atoms with van der Waals surface area (Å²) in [4.78, 5) is 4.28. The minimum absolute atomic E-state index is 0.156. The molecule has 0 aliphatic carbocycles. The van der Waals surface area contributed by atoms with Crippen LogP contribution in [0.2, 0.25) is 0 Å². The summed E-state index contributed by atoms with van der Waals surface area (Å²) < 4.78 is 45.9. The highest BCUT2D eigenvalue weighted by Gasteiger charge is 2.30. The van der Waals surface area contributed by atoms with Crippen molar-refractivity contribution >= 4 is 11.6 Å². The van der Waals surface area contributed by atoms with Crippen LogP contribution in [0.1, 0.15) is 24.5 Å². The summed E-state index contributed by atoms with van der Waals surface area (Å²) >= 11 is 0. The highest BCUT2D eigenvalue weighted by Crippen LogP contribution is 2.23. The lowest BCUT2D eigenvalue weighted by Crippen LogP contribution is -2.22. The van der Waals surface area contributed by atoms with Crippen molar-refractivity contribution in [2.24, 2.45) is 10.7 Å². The first kappa shape index (κ1) is 20.6. The summed E-state index contributed by atoms with van der Waals surface area (Å²) in [7, 11) is 0. The highest BCUT2D eigenvalue weighted by atomic mass is 19.4. The molecule has 2 rings (SSSR count). The van der Waals surface area contributed by atoms with Gasteiger partial charge < -0.3 is 20.5 Å². The molecule has 8 heteroatoms. The predicted molar refractivity (Wildman–Crippen MR) is 98.5 cm³/mol. The zero-order valence-electron chi connectivity index (χ0n) is 14.9. The number of aliphatic imine (C=N–C) groups is 1. The number of hydrogen-bond donors (Lipinski definition) is 2. The average Bonchev–Trinajstić information content (AvgIpc) is 2.61. The van der Waals surface area contributed by atoms with Gasteiger partial charge in [-0.3, -0.25) is 0 Å². The summed E-state index contributed by atoms with van der Waals surface area (Å²) in [6.45, 7) is 3.60. The Bertz CT molecular complexity index is 747. The Morgan fingerprint density at radius 3 is 2.37 bits per heavy atom. The molecule has 0 atom stereocenters. The normalized spacial score (nSPS) is 12.1. The van der Waals surface area contributed by atoms with Gasteiger partial charge in [-0.25, -0.2) is 4.99 Å². The van der Waals surface area contributed by atoms with E-state index in [4.69, 9.17) is 10.5 Å². The Labute approximate surface area is 156 Å².